The minimum atomic E-state index is -0.377. The number of aliphatic hydroxyl groups excluding tert-OH is 2. The molecule has 0 radical (unpaired) electrons. The SMILES string of the molecule is CCOC1CCN(CC(C)(CO)CO)CC1. The first-order chi connectivity index (χ1) is 7.63. The third-order valence-electron chi connectivity index (χ3n) is 3.31. The molecule has 0 aromatic heterocycles. The molecule has 0 aromatic carbocycles. The van der Waals surface area contributed by atoms with Crippen LogP contribution in [0.4, 0.5) is 0 Å². The van der Waals surface area contributed by atoms with Gasteiger partial charge in [-0.2, -0.15) is 0 Å². The van der Waals surface area contributed by atoms with E-state index in [1.807, 2.05) is 13.8 Å². The number of hydrogen-bond donors (Lipinski definition) is 2. The number of rotatable bonds is 6. The molecule has 4 heteroatoms. The lowest BCUT2D eigenvalue weighted by Gasteiger charge is -2.37. The number of aliphatic hydroxyl groups is 2. The summed E-state index contributed by atoms with van der Waals surface area (Å²) in [5, 5.41) is 18.5. The second-order valence-corrected chi connectivity index (χ2v) is 5.06. The van der Waals surface area contributed by atoms with Gasteiger partial charge in [-0.05, 0) is 19.8 Å². The van der Waals surface area contributed by atoms with E-state index in [9.17, 15) is 10.2 Å². The summed E-state index contributed by atoms with van der Waals surface area (Å²) in [6.07, 6.45) is 2.51. The average Bonchev–Trinajstić information content (AvgIpc) is 2.32. The highest BCUT2D eigenvalue weighted by Crippen LogP contribution is 2.20. The van der Waals surface area contributed by atoms with Crippen molar-refractivity contribution >= 4 is 0 Å². The molecule has 1 aliphatic rings. The highest BCUT2D eigenvalue weighted by atomic mass is 16.5. The van der Waals surface area contributed by atoms with Gasteiger partial charge in [-0.3, -0.25) is 0 Å². The van der Waals surface area contributed by atoms with Crippen molar-refractivity contribution in [2.45, 2.75) is 32.8 Å². The fraction of sp³-hybridized carbons (Fsp3) is 1.00. The molecule has 4 nitrogen and oxygen atoms in total. The minimum absolute atomic E-state index is 0.0366. The summed E-state index contributed by atoms with van der Waals surface area (Å²) < 4.78 is 5.59. The van der Waals surface area contributed by atoms with Crippen LogP contribution in [0.2, 0.25) is 0 Å². The maximum atomic E-state index is 9.24. The Morgan fingerprint density at radius 3 is 2.25 bits per heavy atom. The molecule has 0 spiro atoms. The van der Waals surface area contributed by atoms with Crippen molar-refractivity contribution in [3.63, 3.8) is 0 Å². The molecule has 0 unspecified atom stereocenters. The van der Waals surface area contributed by atoms with Crippen molar-refractivity contribution in [1.29, 1.82) is 0 Å². The van der Waals surface area contributed by atoms with Crippen molar-refractivity contribution in [2.24, 2.45) is 5.41 Å². The summed E-state index contributed by atoms with van der Waals surface area (Å²) in [6, 6.07) is 0. The van der Waals surface area contributed by atoms with E-state index in [0.717, 1.165) is 39.1 Å². The molecule has 96 valence electrons. The summed E-state index contributed by atoms with van der Waals surface area (Å²) in [7, 11) is 0. The first-order valence-corrected chi connectivity index (χ1v) is 6.19. The Hall–Kier alpha value is -0.160. The van der Waals surface area contributed by atoms with Crippen LogP contribution < -0.4 is 0 Å². The molecular weight excluding hydrogens is 206 g/mol. The van der Waals surface area contributed by atoms with E-state index in [1.165, 1.54) is 0 Å². The number of hydrogen-bond acceptors (Lipinski definition) is 4. The van der Waals surface area contributed by atoms with E-state index < -0.39 is 0 Å². The van der Waals surface area contributed by atoms with Gasteiger partial charge in [0.1, 0.15) is 0 Å². The van der Waals surface area contributed by atoms with E-state index >= 15 is 0 Å². The first-order valence-electron chi connectivity index (χ1n) is 6.19. The van der Waals surface area contributed by atoms with Crippen molar-refractivity contribution in [1.82, 2.24) is 4.90 Å². The number of piperidine rings is 1. The van der Waals surface area contributed by atoms with E-state index in [0.29, 0.717) is 6.10 Å². The third kappa shape index (κ3) is 4.01. The highest BCUT2D eigenvalue weighted by molar-refractivity contribution is 4.80. The Morgan fingerprint density at radius 1 is 1.25 bits per heavy atom. The van der Waals surface area contributed by atoms with E-state index in [2.05, 4.69) is 4.90 Å². The molecule has 1 heterocycles. The molecule has 16 heavy (non-hydrogen) atoms. The predicted octanol–water partition coefficient (Wildman–Crippen LogP) is 0.478. The lowest BCUT2D eigenvalue weighted by molar-refractivity contribution is -0.0124. The van der Waals surface area contributed by atoms with Gasteiger partial charge in [-0.15, -0.1) is 0 Å². The zero-order chi connectivity index (χ0) is 12.0. The van der Waals surface area contributed by atoms with Gasteiger partial charge < -0.3 is 19.8 Å². The maximum absolute atomic E-state index is 9.24. The zero-order valence-electron chi connectivity index (χ0n) is 10.5. The van der Waals surface area contributed by atoms with Gasteiger partial charge in [-0.1, -0.05) is 6.92 Å². The van der Waals surface area contributed by atoms with Gasteiger partial charge in [-0.25, -0.2) is 0 Å². The van der Waals surface area contributed by atoms with Crippen LogP contribution in [-0.2, 0) is 4.74 Å². The van der Waals surface area contributed by atoms with Gasteiger partial charge in [0.2, 0.25) is 0 Å². The summed E-state index contributed by atoms with van der Waals surface area (Å²) >= 11 is 0. The van der Waals surface area contributed by atoms with Crippen molar-refractivity contribution in [2.75, 3.05) is 39.5 Å². The summed E-state index contributed by atoms with van der Waals surface area (Å²) in [5.41, 5.74) is -0.377. The Morgan fingerprint density at radius 2 is 1.81 bits per heavy atom. The van der Waals surface area contributed by atoms with Crippen LogP contribution in [0.1, 0.15) is 26.7 Å². The van der Waals surface area contributed by atoms with Gasteiger partial charge in [0.25, 0.3) is 0 Å². The summed E-state index contributed by atoms with van der Waals surface area (Å²) in [5.74, 6) is 0. The maximum Gasteiger partial charge on any atom is 0.0599 e. The van der Waals surface area contributed by atoms with Gasteiger partial charge >= 0.3 is 0 Å². The normalized spacial score (nSPS) is 20.2. The van der Waals surface area contributed by atoms with E-state index in [-0.39, 0.29) is 18.6 Å². The first kappa shape index (κ1) is 13.9. The van der Waals surface area contributed by atoms with Crippen molar-refractivity contribution < 1.29 is 14.9 Å². The van der Waals surface area contributed by atoms with Crippen molar-refractivity contribution in [3.8, 4) is 0 Å². The number of nitrogens with zero attached hydrogens (tertiary/aromatic N) is 1. The van der Waals surface area contributed by atoms with Crippen LogP contribution >= 0.6 is 0 Å². The molecule has 2 N–H and O–H groups in total. The molecule has 1 rings (SSSR count). The van der Waals surface area contributed by atoms with Crippen molar-refractivity contribution in [3.05, 3.63) is 0 Å². The van der Waals surface area contributed by atoms with Crippen LogP contribution in [0.25, 0.3) is 0 Å². The predicted molar refractivity (Wildman–Crippen MR) is 63.4 cm³/mol. The molecule has 0 aliphatic carbocycles. The quantitative estimate of drug-likeness (QED) is 0.698. The molecule has 0 aromatic rings. The Bertz CT molecular complexity index is 187. The average molecular weight is 231 g/mol. The summed E-state index contributed by atoms with van der Waals surface area (Å²) in [6.45, 7) is 7.57. The minimum Gasteiger partial charge on any atom is -0.396 e. The van der Waals surface area contributed by atoms with Crippen LogP contribution in [0, 0.1) is 5.41 Å². The largest absolute Gasteiger partial charge is 0.396 e. The van der Waals surface area contributed by atoms with Crippen LogP contribution in [0.5, 0.6) is 0 Å². The van der Waals surface area contributed by atoms with Gasteiger partial charge in [0, 0.05) is 31.7 Å². The van der Waals surface area contributed by atoms with Crippen LogP contribution in [-0.4, -0.2) is 60.7 Å². The van der Waals surface area contributed by atoms with Gasteiger partial charge in [0.05, 0.1) is 19.3 Å². The topological polar surface area (TPSA) is 52.9 Å². The third-order valence-corrected chi connectivity index (χ3v) is 3.31. The lowest BCUT2D eigenvalue weighted by atomic mass is 9.91. The van der Waals surface area contributed by atoms with Crippen LogP contribution in [0.3, 0.4) is 0 Å². The van der Waals surface area contributed by atoms with E-state index in [4.69, 9.17) is 4.74 Å². The molecular formula is C12H25NO3. The fourth-order valence-corrected chi connectivity index (χ4v) is 2.16. The molecule has 0 amide bonds. The summed E-state index contributed by atoms with van der Waals surface area (Å²) in [4.78, 5) is 2.31. The Balaban J connectivity index is 2.31. The molecule has 1 fully saturated rings. The molecule has 1 aliphatic heterocycles. The van der Waals surface area contributed by atoms with Gasteiger partial charge in [0.15, 0.2) is 0 Å². The number of ether oxygens (including phenoxy) is 1. The van der Waals surface area contributed by atoms with Crippen LogP contribution in [0.15, 0.2) is 0 Å². The zero-order valence-corrected chi connectivity index (χ0v) is 10.5. The molecule has 0 saturated carbocycles. The lowest BCUT2D eigenvalue weighted by Crippen LogP contribution is -2.45. The molecule has 1 saturated heterocycles. The number of likely N-dealkylation sites (tertiary alicyclic amines) is 1. The van der Waals surface area contributed by atoms with E-state index in [1.54, 1.807) is 0 Å². The standard InChI is InChI=1S/C12H25NO3/c1-3-16-11-4-6-13(7-5-11)8-12(2,9-14)10-15/h11,14-15H,3-10H2,1-2H3. The Kier molecular flexibility index (Phi) is 5.69. The smallest absolute Gasteiger partial charge is 0.0599 e. The molecule has 0 atom stereocenters. The Labute approximate surface area is 98.2 Å². The fourth-order valence-electron chi connectivity index (χ4n) is 2.16. The highest BCUT2D eigenvalue weighted by Gasteiger charge is 2.28. The second kappa shape index (κ2) is 6.55. The molecule has 0 bridgehead atoms. The second-order valence-electron chi connectivity index (χ2n) is 5.06. The monoisotopic (exact) mass is 231 g/mol.